The van der Waals surface area contributed by atoms with Gasteiger partial charge in [0.2, 0.25) is 5.91 Å². The minimum atomic E-state index is -0.0135. The van der Waals surface area contributed by atoms with Crippen LogP contribution < -0.4 is 5.32 Å². The molecule has 2 aromatic heterocycles. The highest BCUT2D eigenvalue weighted by molar-refractivity contribution is 7.99. The maximum atomic E-state index is 12.6. The fourth-order valence-electron chi connectivity index (χ4n) is 4.15. The van der Waals surface area contributed by atoms with Crippen LogP contribution in [0.2, 0.25) is 0 Å². The normalized spacial score (nSPS) is 15.6. The lowest BCUT2D eigenvalue weighted by Gasteiger charge is -2.19. The molecule has 164 valence electrons. The molecule has 1 atom stereocenters. The molecule has 1 amide bonds. The number of hydrogen-bond donors (Lipinski definition) is 1. The van der Waals surface area contributed by atoms with Crippen molar-refractivity contribution in [2.75, 3.05) is 11.1 Å². The van der Waals surface area contributed by atoms with Crippen molar-refractivity contribution in [3.8, 4) is 11.4 Å². The number of hydrogen-bond acceptors (Lipinski definition) is 5. The first-order valence-corrected chi connectivity index (χ1v) is 13.0. The van der Waals surface area contributed by atoms with Gasteiger partial charge in [-0.2, -0.15) is 0 Å². The van der Waals surface area contributed by atoms with Crippen molar-refractivity contribution in [3.05, 3.63) is 45.6 Å². The number of amides is 1. The van der Waals surface area contributed by atoms with E-state index in [1.807, 2.05) is 29.5 Å². The van der Waals surface area contributed by atoms with Crippen LogP contribution in [0.25, 0.3) is 11.4 Å². The van der Waals surface area contributed by atoms with Crippen molar-refractivity contribution < 1.29 is 4.79 Å². The maximum Gasteiger partial charge on any atom is 0.234 e. The summed E-state index contributed by atoms with van der Waals surface area (Å²) in [5.74, 6) is 2.02. The summed E-state index contributed by atoms with van der Waals surface area (Å²) in [6, 6.07) is 7.96. The summed E-state index contributed by atoms with van der Waals surface area (Å²) in [5.41, 5.74) is 4.73. The van der Waals surface area contributed by atoms with Crippen LogP contribution in [0.4, 0.5) is 5.69 Å². The molecule has 3 aromatic rings. The predicted octanol–water partition coefficient (Wildman–Crippen LogP) is 5.83. The predicted molar refractivity (Wildman–Crippen MR) is 130 cm³/mol. The Morgan fingerprint density at radius 1 is 1.29 bits per heavy atom. The van der Waals surface area contributed by atoms with Gasteiger partial charge in [-0.05, 0) is 55.2 Å². The van der Waals surface area contributed by atoms with E-state index in [9.17, 15) is 4.79 Å². The molecule has 0 radical (unpaired) electrons. The molecule has 1 aliphatic rings. The average Bonchev–Trinajstić information content (AvgIpc) is 3.36. The number of carbonyl (C=O) groups excluding carboxylic acids is 1. The second kappa shape index (κ2) is 10.0. The maximum absolute atomic E-state index is 12.6. The second-order valence-corrected chi connectivity index (χ2v) is 10.1. The lowest BCUT2D eigenvalue weighted by Crippen LogP contribution is -2.16. The molecule has 0 fully saturated rings. The summed E-state index contributed by atoms with van der Waals surface area (Å²) in [7, 11) is 0. The highest BCUT2D eigenvalue weighted by Gasteiger charge is 2.24. The van der Waals surface area contributed by atoms with Gasteiger partial charge < -0.3 is 9.88 Å². The van der Waals surface area contributed by atoms with Crippen molar-refractivity contribution in [2.24, 2.45) is 5.92 Å². The molecule has 1 aromatic carbocycles. The number of benzene rings is 1. The van der Waals surface area contributed by atoms with E-state index in [0.717, 1.165) is 54.0 Å². The molecule has 0 aliphatic heterocycles. The van der Waals surface area contributed by atoms with Gasteiger partial charge in [0, 0.05) is 28.1 Å². The van der Waals surface area contributed by atoms with Crippen LogP contribution in [0.5, 0.6) is 0 Å². The zero-order valence-corrected chi connectivity index (χ0v) is 20.1. The van der Waals surface area contributed by atoms with Crippen LogP contribution in [0.1, 0.15) is 49.6 Å². The quantitative estimate of drug-likeness (QED) is 0.435. The molecule has 1 unspecified atom stereocenters. The Hall–Kier alpha value is -2.12. The zero-order valence-electron chi connectivity index (χ0n) is 18.5. The molecule has 31 heavy (non-hydrogen) atoms. The third-order valence-electron chi connectivity index (χ3n) is 5.81. The topological polar surface area (TPSA) is 59.8 Å². The zero-order chi connectivity index (χ0) is 21.8. The van der Waals surface area contributed by atoms with E-state index in [-0.39, 0.29) is 5.91 Å². The molecular formula is C24H30N4OS2. The van der Waals surface area contributed by atoms with Gasteiger partial charge in [-0.3, -0.25) is 4.79 Å². The van der Waals surface area contributed by atoms with Crippen LogP contribution in [0.15, 0.2) is 34.8 Å². The Labute approximate surface area is 192 Å². The number of nitrogens with one attached hydrogen (secondary N) is 1. The molecule has 0 bridgehead atoms. The summed E-state index contributed by atoms with van der Waals surface area (Å²) in [6.45, 7) is 7.45. The van der Waals surface area contributed by atoms with Crippen molar-refractivity contribution in [1.29, 1.82) is 0 Å². The number of thioether (sulfide) groups is 1. The van der Waals surface area contributed by atoms with E-state index in [0.29, 0.717) is 5.75 Å². The third-order valence-corrected chi connectivity index (χ3v) is 7.83. The molecule has 0 saturated heterocycles. The van der Waals surface area contributed by atoms with Crippen molar-refractivity contribution >= 4 is 34.7 Å². The van der Waals surface area contributed by atoms with Gasteiger partial charge in [0.15, 0.2) is 11.0 Å². The minimum absolute atomic E-state index is 0.0135. The summed E-state index contributed by atoms with van der Waals surface area (Å²) in [6.07, 6.45) is 5.41. The van der Waals surface area contributed by atoms with Gasteiger partial charge in [-0.15, -0.1) is 21.5 Å². The number of aryl methyl sites for hydroxylation is 1. The number of anilines is 1. The van der Waals surface area contributed by atoms with E-state index >= 15 is 0 Å². The molecule has 0 saturated carbocycles. The summed E-state index contributed by atoms with van der Waals surface area (Å²) < 4.78 is 2.19. The summed E-state index contributed by atoms with van der Waals surface area (Å²) >= 11 is 3.32. The molecular weight excluding hydrogens is 424 g/mol. The Morgan fingerprint density at radius 2 is 2.13 bits per heavy atom. The van der Waals surface area contributed by atoms with Crippen LogP contribution >= 0.6 is 23.1 Å². The van der Waals surface area contributed by atoms with E-state index in [2.05, 4.69) is 52.3 Å². The molecule has 2 heterocycles. The van der Waals surface area contributed by atoms with Gasteiger partial charge in [-0.1, -0.05) is 50.7 Å². The van der Waals surface area contributed by atoms with Gasteiger partial charge in [0.1, 0.15) is 0 Å². The molecule has 0 spiro atoms. The Balaban J connectivity index is 1.50. The highest BCUT2D eigenvalue weighted by Crippen LogP contribution is 2.38. The Bertz CT molecular complexity index is 1060. The number of aromatic nitrogens is 3. The fourth-order valence-corrected chi connectivity index (χ4v) is 6.16. The minimum Gasteiger partial charge on any atom is -0.325 e. The average molecular weight is 455 g/mol. The number of para-hydroxylation sites is 1. The van der Waals surface area contributed by atoms with E-state index < -0.39 is 0 Å². The third kappa shape index (κ3) is 4.88. The Morgan fingerprint density at radius 3 is 2.94 bits per heavy atom. The number of fused-ring (bicyclic) bond motifs is 1. The standard InChI is InChI=1S/C24H30N4OS2/c1-4-12-28-23(19-14-30-21-13-16(3)10-11-18(19)21)26-27-24(28)31-15-22(29)25-20-9-7-6-8-17(20)5-2/h6-9,14,16H,4-5,10-13,15H2,1-3H3,(H,25,29). The SMILES string of the molecule is CCCn1c(SCC(=O)Nc2ccccc2CC)nnc1-c1csc2c1CCC(C)C2. The van der Waals surface area contributed by atoms with Crippen LogP contribution in [-0.4, -0.2) is 26.4 Å². The van der Waals surface area contributed by atoms with Crippen molar-refractivity contribution in [2.45, 2.75) is 64.6 Å². The van der Waals surface area contributed by atoms with E-state index in [1.165, 1.54) is 40.6 Å². The van der Waals surface area contributed by atoms with Gasteiger partial charge >= 0.3 is 0 Å². The highest BCUT2D eigenvalue weighted by atomic mass is 32.2. The molecule has 1 aliphatic carbocycles. The first kappa shape index (κ1) is 22.1. The summed E-state index contributed by atoms with van der Waals surface area (Å²) in [4.78, 5) is 14.1. The van der Waals surface area contributed by atoms with Crippen LogP contribution in [-0.2, 0) is 30.6 Å². The molecule has 5 nitrogen and oxygen atoms in total. The smallest absolute Gasteiger partial charge is 0.234 e. The number of thiophene rings is 1. The first-order chi connectivity index (χ1) is 15.1. The van der Waals surface area contributed by atoms with E-state index in [1.54, 1.807) is 0 Å². The fraction of sp³-hybridized carbons (Fsp3) is 0.458. The van der Waals surface area contributed by atoms with E-state index in [4.69, 9.17) is 0 Å². The largest absolute Gasteiger partial charge is 0.325 e. The number of rotatable bonds is 8. The second-order valence-electron chi connectivity index (χ2n) is 8.20. The molecule has 4 rings (SSSR count). The van der Waals surface area contributed by atoms with Crippen molar-refractivity contribution in [3.63, 3.8) is 0 Å². The lowest BCUT2D eigenvalue weighted by atomic mass is 9.88. The molecule has 7 heteroatoms. The molecule has 1 N–H and O–H groups in total. The van der Waals surface area contributed by atoms with Crippen LogP contribution in [0, 0.1) is 5.92 Å². The number of nitrogens with zero attached hydrogens (tertiary/aromatic N) is 3. The van der Waals surface area contributed by atoms with Gasteiger partial charge in [0.25, 0.3) is 0 Å². The first-order valence-electron chi connectivity index (χ1n) is 11.1. The Kier molecular flexibility index (Phi) is 7.13. The van der Waals surface area contributed by atoms with Gasteiger partial charge in [-0.25, -0.2) is 0 Å². The number of carbonyl (C=O) groups is 1. The van der Waals surface area contributed by atoms with Crippen molar-refractivity contribution in [1.82, 2.24) is 14.8 Å². The monoisotopic (exact) mass is 454 g/mol. The van der Waals surface area contributed by atoms with Gasteiger partial charge in [0.05, 0.1) is 5.75 Å². The summed E-state index contributed by atoms with van der Waals surface area (Å²) in [5, 5.41) is 15.1. The lowest BCUT2D eigenvalue weighted by molar-refractivity contribution is -0.113. The van der Waals surface area contributed by atoms with Crippen LogP contribution in [0.3, 0.4) is 0 Å².